The van der Waals surface area contributed by atoms with E-state index in [-0.39, 0.29) is 16.6 Å². The molecule has 3 rings (SSSR count). The first-order chi connectivity index (χ1) is 10.5. The Kier molecular flexibility index (Phi) is 4.39. The molecule has 1 aliphatic rings. The van der Waals surface area contributed by atoms with Crippen LogP contribution in [0.25, 0.3) is 0 Å². The van der Waals surface area contributed by atoms with Crippen LogP contribution in [0.4, 0.5) is 0 Å². The number of nitrogens with zero attached hydrogens (tertiary/aromatic N) is 2. The lowest BCUT2D eigenvalue weighted by Gasteiger charge is -2.25. The molecule has 1 aromatic heterocycles. The van der Waals surface area contributed by atoms with E-state index < -0.39 is 0 Å². The van der Waals surface area contributed by atoms with E-state index in [1.165, 1.54) is 10.1 Å². The zero-order valence-electron chi connectivity index (χ0n) is 12.2. The maximum absolute atomic E-state index is 11.7. The van der Waals surface area contributed by atoms with Crippen molar-refractivity contribution < 1.29 is 0 Å². The topological polar surface area (TPSA) is 25.2 Å². The second kappa shape index (κ2) is 6.29. The van der Waals surface area contributed by atoms with Crippen LogP contribution >= 0.6 is 23.2 Å². The third-order valence-corrected chi connectivity index (χ3v) is 4.38. The predicted octanol–water partition coefficient (Wildman–Crippen LogP) is 3.81. The van der Waals surface area contributed by atoms with Crippen LogP contribution in [0.15, 0.2) is 53.5 Å². The molecular weight excluding hydrogens is 319 g/mol. The van der Waals surface area contributed by atoms with Gasteiger partial charge in [-0.1, -0.05) is 47.5 Å². The van der Waals surface area contributed by atoms with E-state index in [1.807, 2.05) is 30.5 Å². The molecule has 0 N–H and O–H groups in total. The van der Waals surface area contributed by atoms with Gasteiger partial charge in [0.15, 0.2) is 0 Å². The number of benzene rings is 1. The number of hydrogen-bond donors (Lipinski definition) is 0. The van der Waals surface area contributed by atoms with Crippen molar-refractivity contribution in [1.82, 2.24) is 9.47 Å². The molecule has 1 aromatic carbocycles. The van der Waals surface area contributed by atoms with Gasteiger partial charge in [0.2, 0.25) is 0 Å². The third kappa shape index (κ3) is 3.12. The Morgan fingerprint density at radius 3 is 2.64 bits per heavy atom. The summed E-state index contributed by atoms with van der Waals surface area (Å²) in [7, 11) is 1.72. The molecule has 0 saturated heterocycles. The molecule has 0 saturated carbocycles. The lowest BCUT2D eigenvalue weighted by atomic mass is 10.1. The summed E-state index contributed by atoms with van der Waals surface area (Å²) in [6.07, 6.45) is 6.13. The van der Waals surface area contributed by atoms with Crippen molar-refractivity contribution in [3.63, 3.8) is 0 Å². The smallest absolute Gasteiger partial charge is 0.269 e. The Morgan fingerprint density at radius 2 is 1.95 bits per heavy atom. The summed E-state index contributed by atoms with van der Waals surface area (Å²) in [5.74, 6) is 0. The van der Waals surface area contributed by atoms with Gasteiger partial charge < -0.3 is 4.57 Å². The summed E-state index contributed by atoms with van der Waals surface area (Å²) in [4.78, 5) is 14.0. The van der Waals surface area contributed by atoms with Crippen LogP contribution in [-0.2, 0) is 13.6 Å². The minimum atomic E-state index is -0.170. The average Bonchev–Trinajstić information content (AvgIpc) is 2.95. The maximum Gasteiger partial charge on any atom is 0.269 e. The molecule has 22 heavy (non-hydrogen) atoms. The van der Waals surface area contributed by atoms with Crippen LogP contribution in [-0.4, -0.2) is 16.0 Å². The van der Waals surface area contributed by atoms with E-state index >= 15 is 0 Å². The lowest BCUT2D eigenvalue weighted by Crippen LogP contribution is -2.25. The van der Waals surface area contributed by atoms with Crippen LogP contribution < -0.4 is 5.56 Å². The van der Waals surface area contributed by atoms with Crippen LogP contribution in [0.2, 0.25) is 10.0 Å². The highest BCUT2D eigenvalue weighted by molar-refractivity contribution is 6.30. The first-order valence-electron chi connectivity index (χ1n) is 7.06. The van der Waals surface area contributed by atoms with Crippen LogP contribution in [0.5, 0.6) is 0 Å². The quantitative estimate of drug-likeness (QED) is 0.797. The van der Waals surface area contributed by atoms with Crippen molar-refractivity contribution in [2.24, 2.45) is 7.05 Å². The van der Waals surface area contributed by atoms with Gasteiger partial charge in [0.25, 0.3) is 5.56 Å². The van der Waals surface area contributed by atoms with E-state index in [0.717, 1.165) is 23.7 Å². The summed E-state index contributed by atoms with van der Waals surface area (Å²) < 4.78 is 1.53. The summed E-state index contributed by atoms with van der Waals surface area (Å²) in [6, 6.07) is 9.76. The molecule has 114 valence electrons. The summed E-state index contributed by atoms with van der Waals surface area (Å²) in [5.41, 5.74) is 2.06. The monoisotopic (exact) mass is 334 g/mol. The average molecular weight is 335 g/mol. The molecular formula is C17H16Cl2N2O. The Balaban J connectivity index is 1.85. The largest absolute Gasteiger partial charge is 0.317 e. The number of aryl methyl sites for hydroxylation is 1. The summed E-state index contributed by atoms with van der Waals surface area (Å²) in [5, 5.41) is 0.997. The zero-order chi connectivity index (χ0) is 15.7. The third-order valence-electron chi connectivity index (χ3n) is 3.85. The van der Waals surface area contributed by atoms with Crippen LogP contribution in [0, 0.1) is 0 Å². The Morgan fingerprint density at radius 1 is 1.23 bits per heavy atom. The van der Waals surface area contributed by atoms with Gasteiger partial charge in [-0.25, -0.2) is 0 Å². The van der Waals surface area contributed by atoms with Gasteiger partial charge in [0, 0.05) is 31.4 Å². The van der Waals surface area contributed by atoms with E-state index in [0.29, 0.717) is 0 Å². The standard InChI is InChI=1S/C17H16Cl2N2O/c1-20-11-13(9-15(19)17(20)22)16-3-2-8-21(16)10-12-4-6-14(18)7-5-12/h2-7,9,11,16H,8,10H2,1H3. The number of hydrogen-bond acceptors (Lipinski definition) is 2. The highest BCUT2D eigenvalue weighted by atomic mass is 35.5. The molecule has 0 amide bonds. The van der Waals surface area contributed by atoms with E-state index in [4.69, 9.17) is 23.2 Å². The second-order valence-corrected chi connectivity index (χ2v) is 6.31. The SMILES string of the molecule is Cn1cc(C2C=CCN2Cc2ccc(Cl)cc2)cc(Cl)c1=O. The van der Waals surface area contributed by atoms with Crippen molar-refractivity contribution in [3.05, 3.63) is 80.2 Å². The molecule has 0 aliphatic carbocycles. The molecule has 1 unspecified atom stereocenters. The molecule has 3 nitrogen and oxygen atoms in total. The van der Waals surface area contributed by atoms with Crippen molar-refractivity contribution >= 4 is 23.2 Å². The molecule has 1 aliphatic heterocycles. The fourth-order valence-electron chi connectivity index (χ4n) is 2.73. The Labute approximate surface area is 139 Å². The van der Waals surface area contributed by atoms with E-state index in [1.54, 1.807) is 13.1 Å². The van der Waals surface area contributed by atoms with E-state index in [2.05, 4.69) is 17.1 Å². The minimum absolute atomic E-state index is 0.125. The van der Waals surface area contributed by atoms with Gasteiger partial charge in [0.1, 0.15) is 5.02 Å². The maximum atomic E-state index is 11.7. The van der Waals surface area contributed by atoms with Crippen molar-refractivity contribution in [2.45, 2.75) is 12.6 Å². The van der Waals surface area contributed by atoms with Gasteiger partial charge in [-0.15, -0.1) is 0 Å². The highest BCUT2D eigenvalue weighted by Crippen LogP contribution is 2.29. The molecule has 0 spiro atoms. The normalized spacial score (nSPS) is 18.0. The highest BCUT2D eigenvalue weighted by Gasteiger charge is 2.22. The van der Waals surface area contributed by atoms with Gasteiger partial charge in [-0.3, -0.25) is 9.69 Å². The molecule has 0 radical (unpaired) electrons. The zero-order valence-corrected chi connectivity index (χ0v) is 13.7. The fourth-order valence-corrected chi connectivity index (χ4v) is 3.11. The minimum Gasteiger partial charge on any atom is -0.317 e. The fraction of sp³-hybridized carbons (Fsp3) is 0.235. The van der Waals surface area contributed by atoms with Gasteiger partial charge in [0.05, 0.1) is 6.04 Å². The molecule has 1 atom stereocenters. The molecule has 0 fully saturated rings. The molecule has 2 heterocycles. The first kappa shape index (κ1) is 15.3. The van der Waals surface area contributed by atoms with Crippen molar-refractivity contribution in [3.8, 4) is 0 Å². The van der Waals surface area contributed by atoms with Gasteiger partial charge in [-0.05, 0) is 29.3 Å². The van der Waals surface area contributed by atoms with Gasteiger partial charge in [-0.2, -0.15) is 0 Å². The lowest BCUT2D eigenvalue weighted by molar-refractivity contribution is 0.266. The van der Waals surface area contributed by atoms with Crippen LogP contribution in [0.1, 0.15) is 17.2 Å². The predicted molar refractivity (Wildman–Crippen MR) is 90.4 cm³/mol. The second-order valence-electron chi connectivity index (χ2n) is 5.47. The Bertz CT molecular complexity index is 739. The van der Waals surface area contributed by atoms with Gasteiger partial charge >= 0.3 is 0 Å². The van der Waals surface area contributed by atoms with E-state index in [9.17, 15) is 4.79 Å². The Hall–Kier alpha value is -1.55. The molecule has 0 bridgehead atoms. The number of pyridine rings is 1. The molecule has 2 aromatic rings. The first-order valence-corrected chi connectivity index (χ1v) is 7.81. The van der Waals surface area contributed by atoms with Crippen molar-refractivity contribution in [2.75, 3.05) is 6.54 Å². The summed E-state index contributed by atoms with van der Waals surface area (Å²) >= 11 is 12.0. The van der Waals surface area contributed by atoms with Crippen molar-refractivity contribution in [1.29, 1.82) is 0 Å². The van der Waals surface area contributed by atoms with Crippen LogP contribution in [0.3, 0.4) is 0 Å². The summed E-state index contributed by atoms with van der Waals surface area (Å²) in [6.45, 7) is 1.68. The number of aromatic nitrogens is 1. The number of halogens is 2. The molecule has 5 heteroatoms. The number of rotatable bonds is 3.